The second kappa shape index (κ2) is 6.57. The predicted octanol–water partition coefficient (Wildman–Crippen LogP) is 4.44. The van der Waals surface area contributed by atoms with Crippen LogP contribution in [0.4, 0.5) is 10.1 Å². The Morgan fingerprint density at radius 1 is 1.08 bits per heavy atom. The fourth-order valence-corrected chi connectivity index (χ4v) is 2.78. The van der Waals surface area contributed by atoms with Crippen molar-refractivity contribution in [2.24, 2.45) is 0 Å². The summed E-state index contributed by atoms with van der Waals surface area (Å²) in [5.74, 6) is -0.980. The van der Waals surface area contributed by atoms with E-state index in [4.69, 9.17) is 11.6 Å². The van der Waals surface area contributed by atoms with Gasteiger partial charge in [0.15, 0.2) is 11.3 Å². The van der Waals surface area contributed by atoms with E-state index < -0.39 is 11.7 Å². The van der Waals surface area contributed by atoms with Crippen molar-refractivity contribution in [3.63, 3.8) is 0 Å². The van der Waals surface area contributed by atoms with Gasteiger partial charge < -0.3 is 5.32 Å². The van der Waals surface area contributed by atoms with E-state index >= 15 is 0 Å². The van der Waals surface area contributed by atoms with Gasteiger partial charge in [0.2, 0.25) is 0 Å². The van der Waals surface area contributed by atoms with Crippen molar-refractivity contribution in [1.82, 2.24) is 14.6 Å². The highest BCUT2D eigenvalue weighted by atomic mass is 35.5. The number of aromatic nitrogens is 3. The first-order chi connectivity index (χ1) is 12.6. The number of benzene rings is 2. The second-order valence-electron chi connectivity index (χ2n) is 5.58. The molecule has 2 heterocycles. The molecule has 4 aromatic rings. The number of nitrogens with zero attached hydrogens (tertiary/aromatic N) is 3. The molecular formula is C19H12ClFN4O. The third-order valence-electron chi connectivity index (χ3n) is 3.84. The molecule has 0 aliphatic carbocycles. The van der Waals surface area contributed by atoms with Crippen molar-refractivity contribution in [1.29, 1.82) is 0 Å². The van der Waals surface area contributed by atoms with E-state index in [0.29, 0.717) is 11.3 Å². The van der Waals surface area contributed by atoms with Gasteiger partial charge in [-0.3, -0.25) is 4.79 Å². The minimum absolute atomic E-state index is 0.0640. The Balaban J connectivity index is 1.69. The maximum absolute atomic E-state index is 13.2. The Morgan fingerprint density at radius 3 is 2.65 bits per heavy atom. The third kappa shape index (κ3) is 3.02. The Morgan fingerprint density at radius 2 is 1.88 bits per heavy atom. The number of carbonyl (C=O) groups is 1. The van der Waals surface area contributed by atoms with Crippen molar-refractivity contribution in [3.8, 4) is 11.3 Å². The first-order valence-corrected chi connectivity index (χ1v) is 8.16. The van der Waals surface area contributed by atoms with Crippen LogP contribution >= 0.6 is 11.6 Å². The van der Waals surface area contributed by atoms with Gasteiger partial charge in [-0.25, -0.2) is 13.9 Å². The highest BCUT2D eigenvalue weighted by Crippen LogP contribution is 2.22. The number of halogens is 2. The maximum atomic E-state index is 13.2. The van der Waals surface area contributed by atoms with Crippen LogP contribution < -0.4 is 5.32 Å². The van der Waals surface area contributed by atoms with E-state index in [1.807, 2.05) is 36.4 Å². The van der Waals surface area contributed by atoms with Crippen molar-refractivity contribution in [2.45, 2.75) is 0 Å². The van der Waals surface area contributed by atoms with E-state index in [1.165, 1.54) is 18.2 Å². The molecule has 2 aromatic carbocycles. The predicted molar refractivity (Wildman–Crippen MR) is 97.8 cm³/mol. The molecule has 0 radical (unpaired) electrons. The van der Waals surface area contributed by atoms with Crippen LogP contribution in [-0.2, 0) is 0 Å². The average Bonchev–Trinajstić information content (AvgIpc) is 3.10. The number of rotatable bonds is 3. The second-order valence-corrected chi connectivity index (χ2v) is 5.99. The molecule has 1 N–H and O–H groups in total. The van der Waals surface area contributed by atoms with Crippen LogP contribution in [0.1, 0.15) is 10.5 Å². The maximum Gasteiger partial charge on any atom is 0.276 e. The lowest BCUT2D eigenvalue weighted by molar-refractivity contribution is 0.102. The van der Waals surface area contributed by atoms with Crippen LogP contribution in [0, 0.1) is 5.82 Å². The summed E-state index contributed by atoms with van der Waals surface area (Å²) >= 11 is 5.74. The molecular weight excluding hydrogens is 355 g/mol. The summed E-state index contributed by atoms with van der Waals surface area (Å²) in [7, 11) is 0. The number of anilines is 1. The Hall–Kier alpha value is -3.25. The van der Waals surface area contributed by atoms with Crippen LogP contribution in [-0.4, -0.2) is 20.5 Å². The fourth-order valence-electron chi connectivity index (χ4n) is 2.60. The molecule has 5 nitrogen and oxygen atoms in total. The molecule has 4 rings (SSSR count). The molecule has 0 unspecified atom stereocenters. The minimum atomic E-state index is -0.547. The van der Waals surface area contributed by atoms with Crippen molar-refractivity contribution < 1.29 is 9.18 Å². The van der Waals surface area contributed by atoms with Gasteiger partial charge in [0.05, 0.1) is 10.7 Å². The Bertz CT molecular complexity index is 1110. The summed E-state index contributed by atoms with van der Waals surface area (Å²) in [5.41, 5.74) is 2.91. The molecule has 0 atom stereocenters. The van der Waals surface area contributed by atoms with Gasteiger partial charge in [-0.2, -0.15) is 5.10 Å². The lowest BCUT2D eigenvalue weighted by Gasteiger charge is -2.04. The van der Waals surface area contributed by atoms with Crippen molar-refractivity contribution in [3.05, 3.63) is 83.4 Å². The normalized spacial score (nSPS) is 10.8. The average molecular weight is 367 g/mol. The number of fused-ring (bicyclic) bond motifs is 1. The minimum Gasteiger partial charge on any atom is -0.321 e. The standard InChI is InChI=1S/C19H12ClFN4O/c20-14-10-13(6-7-15(14)21)23-19(26)16-11-18-22-9-8-17(25(18)24-16)12-4-2-1-3-5-12/h1-11H,(H,23,26). The van der Waals surface area contributed by atoms with E-state index in [0.717, 1.165) is 11.3 Å². The number of nitrogens with one attached hydrogen (secondary N) is 1. The van der Waals surface area contributed by atoms with Gasteiger partial charge in [0.1, 0.15) is 5.82 Å². The lowest BCUT2D eigenvalue weighted by atomic mass is 10.1. The molecule has 2 aromatic heterocycles. The molecule has 0 saturated carbocycles. The number of carbonyl (C=O) groups excluding carboxylic acids is 1. The van der Waals surface area contributed by atoms with Gasteiger partial charge in [0.25, 0.3) is 5.91 Å². The molecule has 0 saturated heterocycles. The first-order valence-electron chi connectivity index (χ1n) is 7.78. The molecule has 1 amide bonds. The Labute approximate surface area is 153 Å². The topological polar surface area (TPSA) is 59.3 Å². The zero-order valence-electron chi connectivity index (χ0n) is 13.4. The van der Waals surface area contributed by atoms with Gasteiger partial charge in [-0.1, -0.05) is 41.9 Å². The molecule has 7 heteroatoms. The smallest absolute Gasteiger partial charge is 0.276 e. The van der Waals surface area contributed by atoms with Crippen LogP contribution in [0.5, 0.6) is 0 Å². The van der Waals surface area contributed by atoms with Crippen LogP contribution in [0.3, 0.4) is 0 Å². The summed E-state index contributed by atoms with van der Waals surface area (Å²) in [5, 5.41) is 6.95. The monoisotopic (exact) mass is 366 g/mol. The SMILES string of the molecule is O=C(Nc1ccc(F)c(Cl)c1)c1cc2nccc(-c3ccccc3)n2n1. The molecule has 0 aliphatic rings. The first kappa shape index (κ1) is 16.2. The Kier molecular flexibility index (Phi) is 4.10. The number of hydrogen-bond donors (Lipinski definition) is 1. The highest BCUT2D eigenvalue weighted by Gasteiger charge is 2.14. The number of hydrogen-bond acceptors (Lipinski definition) is 3. The number of amides is 1. The zero-order valence-corrected chi connectivity index (χ0v) is 14.1. The van der Waals surface area contributed by atoms with Gasteiger partial charge in [0, 0.05) is 23.5 Å². The van der Waals surface area contributed by atoms with E-state index in [2.05, 4.69) is 15.4 Å². The molecule has 0 bridgehead atoms. The van der Waals surface area contributed by atoms with E-state index in [9.17, 15) is 9.18 Å². The molecule has 0 aliphatic heterocycles. The molecule has 0 fully saturated rings. The summed E-state index contributed by atoms with van der Waals surface area (Å²) < 4.78 is 14.8. The molecule has 26 heavy (non-hydrogen) atoms. The van der Waals surface area contributed by atoms with Crippen molar-refractivity contribution in [2.75, 3.05) is 5.32 Å². The van der Waals surface area contributed by atoms with Gasteiger partial charge in [-0.05, 0) is 24.3 Å². The molecule has 0 spiro atoms. The lowest BCUT2D eigenvalue weighted by Crippen LogP contribution is -2.12. The van der Waals surface area contributed by atoms with Crippen molar-refractivity contribution >= 4 is 28.8 Å². The van der Waals surface area contributed by atoms with Crippen LogP contribution in [0.15, 0.2) is 66.9 Å². The summed E-state index contributed by atoms with van der Waals surface area (Å²) in [4.78, 5) is 16.7. The summed E-state index contributed by atoms with van der Waals surface area (Å²) in [6.45, 7) is 0. The van der Waals surface area contributed by atoms with Gasteiger partial charge >= 0.3 is 0 Å². The van der Waals surface area contributed by atoms with Gasteiger partial charge in [-0.15, -0.1) is 0 Å². The third-order valence-corrected chi connectivity index (χ3v) is 4.13. The van der Waals surface area contributed by atoms with Crippen LogP contribution in [0.25, 0.3) is 16.9 Å². The quantitative estimate of drug-likeness (QED) is 0.583. The molecule has 128 valence electrons. The summed E-state index contributed by atoms with van der Waals surface area (Å²) in [6.07, 6.45) is 1.67. The van der Waals surface area contributed by atoms with E-state index in [1.54, 1.807) is 16.8 Å². The zero-order chi connectivity index (χ0) is 18.1. The van der Waals surface area contributed by atoms with Crippen LogP contribution in [0.2, 0.25) is 5.02 Å². The fraction of sp³-hybridized carbons (Fsp3) is 0. The van der Waals surface area contributed by atoms with E-state index in [-0.39, 0.29) is 10.7 Å². The largest absolute Gasteiger partial charge is 0.321 e. The summed E-state index contributed by atoms with van der Waals surface area (Å²) in [6, 6.07) is 17.1. The highest BCUT2D eigenvalue weighted by molar-refractivity contribution is 6.31.